The summed E-state index contributed by atoms with van der Waals surface area (Å²) in [5.74, 6) is -0.204. The summed E-state index contributed by atoms with van der Waals surface area (Å²) in [4.78, 5) is 0. The second-order valence-corrected chi connectivity index (χ2v) is 3.74. The lowest BCUT2D eigenvalue weighted by atomic mass is 10.0. The minimum Gasteiger partial charge on any atom is -0.324 e. The molecule has 0 saturated carbocycles. The normalized spacial score (nSPS) is 12.3. The highest BCUT2D eigenvalue weighted by molar-refractivity contribution is 5.18. The molecular formula is C12H16FN. The number of halogens is 1. The van der Waals surface area contributed by atoms with Gasteiger partial charge in [-0.3, -0.25) is 0 Å². The molecule has 1 rings (SSSR count). The molecule has 0 aromatic heterocycles. The predicted octanol–water partition coefficient (Wildman–Crippen LogP) is 2.66. The van der Waals surface area contributed by atoms with E-state index in [4.69, 9.17) is 5.73 Å². The van der Waals surface area contributed by atoms with Crippen molar-refractivity contribution in [2.75, 3.05) is 0 Å². The van der Waals surface area contributed by atoms with Gasteiger partial charge in [-0.2, -0.15) is 0 Å². The summed E-state index contributed by atoms with van der Waals surface area (Å²) < 4.78 is 12.6. The fourth-order valence-electron chi connectivity index (χ4n) is 1.38. The monoisotopic (exact) mass is 193 g/mol. The fourth-order valence-corrected chi connectivity index (χ4v) is 1.38. The van der Waals surface area contributed by atoms with E-state index in [9.17, 15) is 4.39 Å². The second kappa shape index (κ2) is 4.91. The Kier molecular flexibility index (Phi) is 3.84. The number of nitrogens with two attached hydrogens (primary N) is 1. The van der Waals surface area contributed by atoms with Gasteiger partial charge >= 0.3 is 0 Å². The fraction of sp³-hybridized carbons (Fsp3) is 0.333. The van der Waals surface area contributed by atoms with E-state index in [2.05, 4.69) is 0 Å². The third kappa shape index (κ3) is 3.71. The topological polar surface area (TPSA) is 26.0 Å². The van der Waals surface area contributed by atoms with Crippen molar-refractivity contribution in [1.82, 2.24) is 0 Å². The second-order valence-electron chi connectivity index (χ2n) is 3.74. The van der Waals surface area contributed by atoms with Crippen LogP contribution in [0.25, 0.3) is 0 Å². The average molecular weight is 193 g/mol. The molecule has 0 saturated heterocycles. The Bertz CT molecular complexity index is 310. The summed E-state index contributed by atoms with van der Waals surface area (Å²) in [6.07, 6.45) is 2.77. The molecule has 14 heavy (non-hydrogen) atoms. The zero-order chi connectivity index (χ0) is 10.6. The van der Waals surface area contributed by atoms with Crippen LogP contribution in [0.15, 0.2) is 35.9 Å². The molecule has 0 heterocycles. The molecule has 76 valence electrons. The Labute approximate surface area is 84.4 Å². The van der Waals surface area contributed by atoms with Crippen LogP contribution in [0.5, 0.6) is 0 Å². The molecule has 0 spiro atoms. The minimum atomic E-state index is -0.204. The average Bonchev–Trinajstić information content (AvgIpc) is 2.07. The van der Waals surface area contributed by atoms with Crippen LogP contribution in [0.3, 0.4) is 0 Å². The van der Waals surface area contributed by atoms with Gasteiger partial charge in [0.25, 0.3) is 0 Å². The molecule has 0 bridgehead atoms. The Hall–Kier alpha value is -1.15. The summed E-state index contributed by atoms with van der Waals surface area (Å²) in [6.45, 7) is 4.04. The summed E-state index contributed by atoms with van der Waals surface area (Å²) >= 11 is 0. The number of rotatable bonds is 3. The van der Waals surface area contributed by atoms with Gasteiger partial charge in [-0.05, 0) is 38.0 Å². The van der Waals surface area contributed by atoms with Gasteiger partial charge < -0.3 is 5.73 Å². The van der Waals surface area contributed by atoms with Crippen LogP contribution in [0.1, 0.15) is 19.4 Å². The van der Waals surface area contributed by atoms with Crippen molar-refractivity contribution in [3.63, 3.8) is 0 Å². The summed E-state index contributed by atoms with van der Waals surface area (Å²) in [7, 11) is 0. The third-order valence-corrected chi connectivity index (χ3v) is 1.93. The van der Waals surface area contributed by atoms with Crippen LogP contribution in [-0.4, -0.2) is 6.04 Å². The van der Waals surface area contributed by atoms with E-state index in [1.807, 2.05) is 19.9 Å². The molecule has 0 aliphatic carbocycles. The summed E-state index contributed by atoms with van der Waals surface area (Å²) in [6, 6.07) is 6.49. The van der Waals surface area contributed by atoms with Crippen molar-refractivity contribution in [3.05, 3.63) is 47.3 Å². The highest BCUT2D eigenvalue weighted by Gasteiger charge is 2.00. The number of benzene rings is 1. The summed E-state index contributed by atoms with van der Waals surface area (Å²) in [5.41, 5.74) is 8.15. The van der Waals surface area contributed by atoms with Crippen molar-refractivity contribution in [2.45, 2.75) is 26.3 Å². The van der Waals surface area contributed by atoms with Crippen LogP contribution in [0.4, 0.5) is 4.39 Å². The first kappa shape index (κ1) is 10.9. The van der Waals surface area contributed by atoms with E-state index < -0.39 is 0 Å². The first-order chi connectivity index (χ1) is 6.58. The highest BCUT2D eigenvalue weighted by atomic mass is 19.1. The number of allylic oxidation sites excluding steroid dienone is 1. The van der Waals surface area contributed by atoms with Crippen LogP contribution in [0.2, 0.25) is 0 Å². The number of hydrogen-bond acceptors (Lipinski definition) is 1. The van der Waals surface area contributed by atoms with Crippen LogP contribution in [-0.2, 0) is 6.42 Å². The lowest BCUT2D eigenvalue weighted by Gasteiger charge is -2.07. The largest absolute Gasteiger partial charge is 0.324 e. The molecule has 0 radical (unpaired) electrons. The molecule has 0 aliphatic rings. The van der Waals surface area contributed by atoms with E-state index in [0.29, 0.717) is 0 Å². The predicted molar refractivity (Wildman–Crippen MR) is 57.5 cm³/mol. The van der Waals surface area contributed by atoms with E-state index in [1.54, 1.807) is 12.1 Å². The Morgan fingerprint density at radius 3 is 2.43 bits per heavy atom. The molecule has 0 amide bonds. The van der Waals surface area contributed by atoms with E-state index >= 15 is 0 Å². The molecule has 1 unspecified atom stereocenters. The first-order valence-corrected chi connectivity index (χ1v) is 4.73. The number of hydrogen-bond donors (Lipinski definition) is 1. The molecule has 1 aromatic carbocycles. The molecule has 0 fully saturated rings. The van der Waals surface area contributed by atoms with E-state index in [0.717, 1.165) is 12.0 Å². The van der Waals surface area contributed by atoms with Crippen molar-refractivity contribution in [1.29, 1.82) is 0 Å². The lowest BCUT2D eigenvalue weighted by Crippen LogP contribution is -2.20. The van der Waals surface area contributed by atoms with Gasteiger partial charge in [0.1, 0.15) is 5.82 Å². The van der Waals surface area contributed by atoms with Crippen LogP contribution < -0.4 is 5.73 Å². The highest BCUT2D eigenvalue weighted by Crippen LogP contribution is 2.06. The Balaban J connectivity index is 2.61. The van der Waals surface area contributed by atoms with Crippen molar-refractivity contribution < 1.29 is 4.39 Å². The maximum absolute atomic E-state index is 12.6. The minimum absolute atomic E-state index is 0.0189. The zero-order valence-electron chi connectivity index (χ0n) is 8.63. The zero-order valence-corrected chi connectivity index (χ0v) is 8.63. The Morgan fingerprint density at radius 2 is 1.93 bits per heavy atom. The molecule has 0 aliphatic heterocycles. The third-order valence-electron chi connectivity index (χ3n) is 1.93. The molecule has 1 nitrogen and oxygen atoms in total. The first-order valence-electron chi connectivity index (χ1n) is 4.73. The molecule has 1 aromatic rings. The van der Waals surface area contributed by atoms with Crippen molar-refractivity contribution in [2.24, 2.45) is 5.73 Å². The van der Waals surface area contributed by atoms with E-state index in [-0.39, 0.29) is 11.9 Å². The quantitative estimate of drug-likeness (QED) is 0.734. The maximum Gasteiger partial charge on any atom is 0.123 e. The van der Waals surface area contributed by atoms with Crippen LogP contribution >= 0.6 is 0 Å². The lowest BCUT2D eigenvalue weighted by molar-refractivity contribution is 0.626. The van der Waals surface area contributed by atoms with Gasteiger partial charge in [-0.25, -0.2) is 4.39 Å². The van der Waals surface area contributed by atoms with Gasteiger partial charge in [0.15, 0.2) is 0 Å². The molecular weight excluding hydrogens is 177 g/mol. The van der Waals surface area contributed by atoms with Crippen LogP contribution in [0, 0.1) is 5.82 Å². The molecule has 2 heteroatoms. The van der Waals surface area contributed by atoms with Crippen molar-refractivity contribution >= 4 is 0 Å². The SMILES string of the molecule is CC(C)=CC(N)Cc1ccc(F)cc1. The van der Waals surface area contributed by atoms with Gasteiger partial charge in [0.05, 0.1) is 0 Å². The van der Waals surface area contributed by atoms with Gasteiger partial charge in [-0.15, -0.1) is 0 Å². The molecule has 2 N–H and O–H groups in total. The van der Waals surface area contributed by atoms with Crippen molar-refractivity contribution in [3.8, 4) is 0 Å². The maximum atomic E-state index is 12.6. The van der Waals surface area contributed by atoms with Gasteiger partial charge in [0.2, 0.25) is 0 Å². The smallest absolute Gasteiger partial charge is 0.123 e. The molecule has 1 atom stereocenters. The standard InChI is InChI=1S/C12H16FN/c1-9(2)7-12(14)8-10-3-5-11(13)6-4-10/h3-7,12H,8,14H2,1-2H3. The summed E-state index contributed by atoms with van der Waals surface area (Å²) in [5, 5.41) is 0. The Morgan fingerprint density at radius 1 is 1.36 bits per heavy atom. The van der Waals surface area contributed by atoms with Gasteiger partial charge in [0, 0.05) is 6.04 Å². The van der Waals surface area contributed by atoms with Gasteiger partial charge in [-0.1, -0.05) is 23.8 Å². The van der Waals surface area contributed by atoms with E-state index in [1.165, 1.54) is 17.7 Å².